The summed E-state index contributed by atoms with van der Waals surface area (Å²) in [7, 11) is 0. The third-order valence-electron chi connectivity index (χ3n) is 5.08. The molecule has 158 valence electrons. The Kier molecular flexibility index (Phi) is 6.66. The van der Waals surface area contributed by atoms with Crippen LogP contribution in [0.5, 0.6) is 0 Å². The van der Waals surface area contributed by atoms with E-state index in [-0.39, 0.29) is 29.3 Å². The number of amides is 1. The summed E-state index contributed by atoms with van der Waals surface area (Å²) in [6.07, 6.45) is 0. The predicted octanol–water partition coefficient (Wildman–Crippen LogP) is 4.74. The SMILES string of the molecule is Cc1ccc(C)c(-n2c(SCC(=O)N(C(C)C)C(C)C)nc3ccccc3c2=O)c1. The van der Waals surface area contributed by atoms with Gasteiger partial charge in [-0.25, -0.2) is 4.98 Å². The van der Waals surface area contributed by atoms with E-state index in [4.69, 9.17) is 4.98 Å². The number of benzene rings is 2. The third kappa shape index (κ3) is 4.43. The van der Waals surface area contributed by atoms with Gasteiger partial charge >= 0.3 is 0 Å². The lowest BCUT2D eigenvalue weighted by Crippen LogP contribution is -2.43. The van der Waals surface area contributed by atoms with Crippen molar-refractivity contribution in [3.63, 3.8) is 0 Å². The molecule has 0 spiro atoms. The summed E-state index contributed by atoms with van der Waals surface area (Å²) in [5.41, 5.74) is 3.38. The van der Waals surface area contributed by atoms with E-state index in [9.17, 15) is 9.59 Å². The molecular weight excluding hydrogens is 394 g/mol. The van der Waals surface area contributed by atoms with Gasteiger partial charge in [-0.2, -0.15) is 0 Å². The quantitative estimate of drug-likeness (QED) is 0.424. The second-order valence-corrected chi connectivity index (χ2v) is 9.06. The highest BCUT2D eigenvalue weighted by atomic mass is 32.2. The van der Waals surface area contributed by atoms with Crippen LogP contribution < -0.4 is 5.56 Å². The van der Waals surface area contributed by atoms with Crippen LogP contribution in [0.25, 0.3) is 16.6 Å². The molecule has 3 aromatic rings. The largest absolute Gasteiger partial charge is 0.337 e. The molecule has 0 aliphatic heterocycles. The van der Waals surface area contributed by atoms with Gasteiger partial charge in [0.1, 0.15) is 0 Å². The number of aromatic nitrogens is 2. The molecule has 30 heavy (non-hydrogen) atoms. The number of rotatable bonds is 6. The Balaban J connectivity index is 2.10. The van der Waals surface area contributed by atoms with Crippen LogP contribution in [0.3, 0.4) is 0 Å². The zero-order valence-electron chi connectivity index (χ0n) is 18.5. The number of hydrogen-bond acceptors (Lipinski definition) is 4. The summed E-state index contributed by atoms with van der Waals surface area (Å²) in [5.74, 6) is 0.270. The smallest absolute Gasteiger partial charge is 0.266 e. The average Bonchev–Trinajstić information content (AvgIpc) is 2.68. The minimum absolute atomic E-state index is 0.0416. The number of thioether (sulfide) groups is 1. The topological polar surface area (TPSA) is 55.2 Å². The highest BCUT2D eigenvalue weighted by molar-refractivity contribution is 7.99. The lowest BCUT2D eigenvalue weighted by molar-refractivity contribution is -0.131. The number of nitrogens with zero attached hydrogens (tertiary/aromatic N) is 3. The Hall–Kier alpha value is -2.60. The normalized spacial score (nSPS) is 11.5. The first-order valence-electron chi connectivity index (χ1n) is 10.2. The van der Waals surface area contributed by atoms with Gasteiger partial charge in [-0.3, -0.25) is 14.2 Å². The first kappa shape index (κ1) is 22.1. The van der Waals surface area contributed by atoms with Gasteiger partial charge in [-0.1, -0.05) is 36.0 Å². The molecule has 6 heteroatoms. The first-order chi connectivity index (χ1) is 14.2. The van der Waals surface area contributed by atoms with Gasteiger partial charge in [0.15, 0.2) is 5.16 Å². The van der Waals surface area contributed by atoms with E-state index in [2.05, 4.69) is 0 Å². The van der Waals surface area contributed by atoms with Crippen molar-refractivity contribution in [2.75, 3.05) is 5.75 Å². The number of carbonyl (C=O) groups excluding carboxylic acids is 1. The van der Waals surface area contributed by atoms with E-state index < -0.39 is 0 Å². The van der Waals surface area contributed by atoms with Crippen LogP contribution >= 0.6 is 11.8 Å². The zero-order valence-corrected chi connectivity index (χ0v) is 19.3. The van der Waals surface area contributed by atoms with E-state index in [1.807, 2.05) is 82.8 Å². The number of carbonyl (C=O) groups is 1. The maximum Gasteiger partial charge on any atom is 0.266 e. The number of fused-ring (bicyclic) bond motifs is 1. The molecule has 0 radical (unpaired) electrons. The van der Waals surface area contributed by atoms with E-state index in [0.717, 1.165) is 16.8 Å². The molecule has 1 amide bonds. The molecule has 0 fully saturated rings. The van der Waals surface area contributed by atoms with Crippen molar-refractivity contribution in [3.8, 4) is 5.69 Å². The molecule has 0 saturated heterocycles. The fourth-order valence-electron chi connectivity index (χ4n) is 3.76. The molecule has 0 bridgehead atoms. The fourth-order valence-corrected chi connectivity index (χ4v) is 4.63. The van der Waals surface area contributed by atoms with Crippen molar-refractivity contribution >= 4 is 28.6 Å². The van der Waals surface area contributed by atoms with Gasteiger partial charge in [-0.05, 0) is 70.9 Å². The summed E-state index contributed by atoms with van der Waals surface area (Å²) >= 11 is 1.32. The lowest BCUT2D eigenvalue weighted by Gasteiger charge is -2.30. The van der Waals surface area contributed by atoms with Gasteiger partial charge in [0.05, 0.1) is 22.3 Å². The van der Waals surface area contributed by atoms with Crippen molar-refractivity contribution in [3.05, 3.63) is 63.9 Å². The van der Waals surface area contributed by atoms with Gasteiger partial charge in [0.25, 0.3) is 5.56 Å². The van der Waals surface area contributed by atoms with Crippen molar-refractivity contribution in [1.82, 2.24) is 14.5 Å². The van der Waals surface area contributed by atoms with Crippen LogP contribution in [0.4, 0.5) is 0 Å². The second-order valence-electron chi connectivity index (χ2n) is 8.12. The van der Waals surface area contributed by atoms with Crippen LogP contribution in [-0.2, 0) is 4.79 Å². The van der Waals surface area contributed by atoms with E-state index in [1.165, 1.54) is 11.8 Å². The number of aryl methyl sites for hydroxylation is 2. The van der Waals surface area contributed by atoms with Crippen LogP contribution in [0.15, 0.2) is 52.4 Å². The van der Waals surface area contributed by atoms with Gasteiger partial charge in [-0.15, -0.1) is 0 Å². The predicted molar refractivity (Wildman–Crippen MR) is 125 cm³/mol. The minimum atomic E-state index is -0.117. The van der Waals surface area contributed by atoms with Crippen LogP contribution in [-0.4, -0.2) is 38.2 Å². The van der Waals surface area contributed by atoms with Gasteiger partial charge < -0.3 is 4.90 Å². The van der Waals surface area contributed by atoms with E-state index in [1.54, 1.807) is 10.6 Å². The zero-order chi connectivity index (χ0) is 22.0. The van der Waals surface area contributed by atoms with Crippen molar-refractivity contribution in [1.29, 1.82) is 0 Å². The number of hydrogen-bond donors (Lipinski definition) is 0. The fraction of sp³-hybridized carbons (Fsp3) is 0.375. The van der Waals surface area contributed by atoms with Crippen LogP contribution in [0.2, 0.25) is 0 Å². The Morgan fingerprint density at radius 2 is 1.73 bits per heavy atom. The average molecular weight is 424 g/mol. The molecule has 5 nitrogen and oxygen atoms in total. The second kappa shape index (κ2) is 9.04. The maximum absolute atomic E-state index is 13.4. The summed E-state index contributed by atoms with van der Waals surface area (Å²) in [5, 5.41) is 1.10. The summed E-state index contributed by atoms with van der Waals surface area (Å²) < 4.78 is 1.65. The Bertz CT molecular complexity index is 1130. The first-order valence-corrected chi connectivity index (χ1v) is 11.2. The van der Waals surface area contributed by atoms with Crippen molar-refractivity contribution < 1.29 is 4.79 Å². The molecule has 1 aromatic heterocycles. The van der Waals surface area contributed by atoms with Gasteiger partial charge in [0.2, 0.25) is 5.91 Å². The third-order valence-corrected chi connectivity index (χ3v) is 6.00. The monoisotopic (exact) mass is 423 g/mol. The molecule has 0 atom stereocenters. The van der Waals surface area contributed by atoms with E-state index in [0.29, 0.717) is 16.1 Å². The van der Waals surface area contributed by atoms with Gasteiger partial charge in [0, 0.05) is 12.1 Å². The maximum atomic E-state index is 13.4. The highest BCUT2D eigenvalue weighted by Crippen LogP contribution is 2.24. The highest BCUT2D eigenvalue weighted by Gasteiger charge is 2.22. The molecule has 2 aromatic carbocycles. The Labute approximate surface area is 182 Å². The summed E-state index contributed by atoms with van der Waals surface area (Å²) in [4.78, 5) is 33.0. The van der Waals surface area contributed by atoms with Crippen molar-refractivity contribution in [2.24, 2.45) is 0 Å². The lowest BCUT2D eigenvalue weighted by atomic mass is 10.1. The van der Waals surface area contributed by atoms with E-state index >= 15 is 0 Å². The molecule has 0 N–H and O–H groups in total. The van der Waals surface area contributed by atoms with Crippen LogP contribution in [0, 0.1) is 13.8 Å². The summed E-state index contributed by atoms with van der Waals surface area (Å²) in [6, 6.07) is 13.6. The standard InChI is InChI=1S/C24H29N3O2S/c1-15(2)26(16(3)4)22(28)14-30-24-25-20-10-8-7-9-19(20)23(29)27(24)21-13-17(5)11-12-18(21)6/h7-13,15-16H,14H2,1-6H3. The van der Waals surface area contributed by atoms with Crippen LogP contribution in [0.1, 0.15) is 38.8 Å². The molecule has 0 aliphatic carbocycles. The Morgan fingerprint density at radius 3 is 2.40 bits per heavy atom. The molecule has 3 rings (SSSR count). The minimum Gasteiger partial charge on any atom is -0.337 e. The van der Waals surface area contributed by atoms with Crippen molar-refractivity contribution in [2.45, 2.75) is 58.8 Å². The molecular formula is C24H29N3O2S. The molecule has 0 saturated carbocycles. The Morgan fingerprint density at radius 1 is 1.07 bits per heavy atom. The molecule has 0 aliphatic rings. The molecule has 0 unspecified atom stereocenters. The summed E-state index contributed by atoms with van der Waals surface area (Å²) in [6.45, 7) is 12.1. The molecule has 1 heterocycles. The number of para-hydroxylation sites is 1.